The van der Waals surface area contributed by atoms with Crippen LogP contribution in [0.1, 0.15) is 16.0 Å². The number of guanidine groups is 1. The first-order valence-corrected chi connectivity index (χ1v) is 10.9. The number of hydrogen-bond donors (Lipinski definition) is 2. The Hall–Kier alpha value is -1.57. The summed E-state index contributed by atoms with van der Waals surface area (Å²) in [7, 11) is -1.47. The lowest BCUT2D eigenvalue weighted by atomic mass is 10.1. The van der Waals surface area contributed by atoms with E-state index in [-0.39, 0.29) is 0 Å². The van der Waals surface area contributed by atoms with Gasteiger partial charge in [0.2, 0.25) is 0 Å². The summed E-state index contributed by atoms with van der Waals surface area (Å²) in [5, 5.41) is 6.48. The molecule has 0 amide bonds. The SMILES string of the molecule is CN=C(NCCc1ccc(Cl)s1)NCc1ccc(S(C)(=O)=O)c(C)c1. The number of nitrogens with one attached hydrogen (secondary N) is 2. The van der Waals surface area contributed by atoms with Crippen molar-refractivity contribution in [2.75, 3.05) is 19.8 Å². The third-order valence-electron chi connectivity index (χ3n) is 3.62. The molecule has 0 aliphatic rings. The highest BCUT2D eigenvalue weighted by Crippen LogP contribution is 2.21. The van der Waals surface area contributed by atoms with Gasteiger partial charge in [0, 0.05) is 31.3 Å². The number of benzene rings is 1. The second-order valence-corrected chi connectivity index (χ2v) is 9.46. The molecule has 1 aromatic carbocycles. The summed E-state index contributed by atoms with van der Waals surface area (Å²) in [4.78, 5) is 5.79. The Kier molecular flexibility index (Phi) is 6.87. The van der Waals surface area contributed by atoms with E-state index in [1.165, 1.54) is 11.1 Å². The Morgan fingerprint density at radius 1 is 1.24 bits per heavy atom. The van der Waals surface area contributed by atoms with Crippen LogP contribution in [0.3, 0.4) is 0 Å². The predicted molar refractivity (Wildman–Crippen MR) is 106 cm³/mol. The van der Waals surface area contributed by atoms with Crippen LogP contribution in [0.5, 0.6) is 0 Å². The van der Waals surface area contributed by atoms with Crippen LogP contribution in [-0.2, 0) is 22.8 Å². The lowest BCUT2D eigenvalue weighted by Gasteiger charge is -2.12. The molecule has 0 radical (unpaired) electrons. The van der Waals surface area contributed by atoms with Crippen LogP contribution in [0, 0.1) is 6.92 Å². The van der Waals surface area contributed by atoms with Gasteiger partial charge in [0.25, 0.3) is 0 Å². The molecule has 1 heterocycles. The number of sulfone groups is 1. The largest absolute Gasteiger partial charge is 0.356 e. The van der Waals surface area contributed by atoms with Crippen molar-refractivity contribution in [1.29, 1.82) is 0 Å². The van der Waals surface area contributed by atoms with E-state index >= 15 is 0 Å². The zero-order valence-electron chi connectivity index (χ0n) is 14.5. The summed E-state index contributed by atoms with van der Waals surface area (Å²) in [6.45, 7) is 3.12. The molecule has 136 valence electrons. The van der Waals surface area contributed by atoms with Gasteiger partial charge < -0.3 is 10.6 Å². The maximum absolute atomic E-state index is 11.7. The molecule has 0 bridgehead atoms. The highest BCUT2D eigenvalue weighted by molar-refractivity contribution is 7.90. The lowest BCUT2D eigenvalue weighted by molar-refractivity contribution is 0.601. The van der Waals surface area contributed by atoms with Crippen molar-refractivity contribution in [2.24, 2.45) is 4.99 Å². The predicted octanol–water partition coefficient (Wildman–Crippen LogP) is 3.02. The number of rotatable bonds is 6. The summed E-state index contributed by atoms with van der Waals surface area (Å²) in [5.41, 5.74) is 1.75. The second-order valence-electron chi connectivity index (χ2n) is 5.68. The monoisotopic (exact) mass is 399 g/mol. The highest BCUT2D eigenvalue weighted by atomic mass is 35.5. The van der Waals surface area contributed by atoms with Crippen LogP contribution in [0.4, 0.5) is 0 Å². The van der Waals surface area contributed by atoms with Gasteiger partial charge in [-0.15, -0.1) is 11.3 Å². The van der Waals surface area contributed by atoms with Gasteiger partial charge >= 0.3 is 0 Å². The number of nitrogens with zero attached hydrogens (tertiary/aromatic N) is 1. The Morgan fingerprint density at radius 3 is 2.56 bits per heavy atom. The van der Waals surface area contributed by atoms with Crippen molar-refractivity contribution in [2.45, 2.75) is 24.8 Å². The molecule has 0 aliphatic carbocycles. The quantitative estimate of drug-likeness (QED) is 0.578. The van der Waals surface area contributed by atoms with Crippen LogP contribution in [0.15, 0.2) is 40.2 Å². The Morgan fingerprint density at radius 2 is 2.00 bits per heavy atom. The Balaban J connectivity index is 1.87. The van der Waals surface area contributed by atoms with Gasteiger partial charge in [0.05, 0.1) is 9.23 Å². The van der Waals surface area contributed by atoms with Crippen LogP contribution >= 0.6 is 22.9 Å². The van der Waals surface area contributed by atoms with Crippen LogP contribution in [-0.4, -0.2) is 34.2 Å². The number of halogens is 1. The number of aryl methyl sites for hydroxylation is 1. The van der Waals surface area contributed by atoms with Crippen LogP contribution in [0.25, 0.3) is 0 Å². The third-order valence-corrected chi connectivity index (χ3v) is 6.16. The zero-order valence-corrected chi connectivity index (χ0v) is 16.9. The normalized spacial score (nSPS) is 12.2. The molecule has 25 heavy (non-hydrogen) atoms. The maximum Gasteiger partial charge on any atom is 0.191 e. The molecule has 0 unspecified atom stereocenters. The van der Waals surface area contributed by atoms with E-state index < -0.39 is 9.84 Å². The minimum absolute atomic E-state index is 0.369. The first-order valence-electron chi connectivity index (χ1n) is 7.78. The van der Waals surface area contributed by atoms with E-state index in [0.29, 0.717) is 17.4 Å². The first kappa shape index (κ1) is 19.8. The van der Waals surface area contributed by atoms with Gasteiger partial charge in [-0.05, 0) is 42.7 Å². The average Bonchev–Trinajstić information content (AvgIpc) is 2.95. The summed E-state index contributed by atoms with van der Waals surface area (Å²) in [6.07, 6.45) is 2.10. The van der Waals surface area contributed by atoms with Gasteiger partial charge in [0.15, 0.2) is 15.8 Å². The standard InChI is InChI=1S/C17H22ClN3O2S2/c1-12-10-13(4-6-15(12)25(3,22)23)11-21-17(19-2)20-9-8-14-5-7-16(18)24-14/h4-7,10H,8-9,11H2,1-3H3,(H2,19,20,21). The number of thiophene rings is 1. The topological polar surface area (TPSA) is 70.6 Å². The average molecular weight is 400 g/mol. The molecule has 2 N–H and O–H groups in total. The molecular weight excluding hydrogens is 378 g/mol. The van der Waals surface area contributed by atoms with E-state index in [9.17, 15) is 8.42 Å². The van der Waals surface area contributed by atoms with E-state index in [2.05, 4.69) is 15.6 Å². The van der Waals surface area contributed by atoms with Crippen molar-refractivity contribution in [3.63, 3.8) is 0 Å². The molecule has 0 atom stereocenters. The molecule has 0 fully saturated rings. The zero-order chi connectivity index (χ0) is 18.4. The van der Waals surface area contributed by atoms with E-state index in [1.54, 1.807) is 31.4 Å². The molecule has 0 saturated carbocycles. The van der Waals surface area contributed by atoms with Crippen molar-refractivity contribution < 1.29 is 8.42 Å². The molecule has 0 aliphatic heterocycles. The minimum atomic E-state index is -3.19. The molecule has 0 spiro atoms. The Bertz CT molecular complexity index is 861. The summed E-state index contributed by atoms with van der Waals surface area (Å²) >= 11 is 7.50. The van der Waals surface area contributed by atoms with Crippen LogP contribution < -0.4 is 10.6 Å². The van der Waals surface area contributed by atoms with Crippen molar-refractivity contribution in [3.8, 4) is 0 Å². The molecule has 5 nitrogen and oxygen atoms in total. The summed E-state index contributed by atoms with van der Waals surface area (Å²) in [5.74, 6) is 0.701. The highest BCUT2D eigenvalue weighted by Gasteiger charge is 2.11. The lowest BCUT2D eigenvalue weighted by Crippen LogP contribution is -2.37. The second kappa shape index (κ2) is 8.69. The van der Waals surface area contributed by atoms with Gasteiger partial charge in [0.1, 0.15) is 0 Å². The molecule has 2 rings (SSSR count). The van der Waals surface area contributed by atoms with E-state index in [1.807, 2.05) is 24.3 Å². The van der Waals surface area contributed by atoms with Gasteiger partial charge in [-0.1, -0.05) is 23.7 Å². The molecule has 8 heteroatoms. The smallest absolute Gasteiger partial charge is 0.191 e. The molecular formula is C17H22ClN3O2S2. The Labute approximate surface area is 158 Å². The van der Waals surface area contributed by atoms with Crippen molar-refractivity contribution >= 4 is 38.7 Å². The minimum Gasteiger partial charge on any atom is -0.356 e. The van der Waals surface area contributed by atoms with Gasteiger partial charge in [-0.25, -0.2) is 8.42 Å². The van der Waals surface area contributed by atoms with Crippen molar-refractivity contribution in [1.82, 2.24) is 10.6 Å². The maximum atomic E-state index is 11.7. The first-order chi connectivity index (χ1) is 11.8. The van der Waals surface area contributed by atoms with Crippen LogP contribution in [0.2, 0.25) is 4.34 Å². The van der Waals surface area contributed by atoms with Gasteiger partial charge in [-0.2, -0.15) is 0 Å². The van der Waals surface area contributed by atoms with Gasteiger partial charge in [-0.3, -0.25) is 4.99 Å². The molecule has 2 aromatic rings. The fraction of sp³-hybridized carbons (Fsp3) is 0.353. The molecule has 0 saturated heterocycles. The van der Waals surface area contributed by atoms with E-state index in [4.69, 9.17) is 11.6 Å². The summed E-state index contributed by atoms with van der Waals surface area (Å²) in [6, 6.07) is 9.27. The van der Waals surface area contributed by atoms with Crippen molar-refractivity contribution in [3.05, 3.63) is 50.7 Å². The third kappa shape index (κ3) is 6.02. The van der Waals surface area contributed by atoms with E-state index in [0.717, 1.165) is 28.4 Å². The molecule has 1 aromatic heterocycles. The number of hydrogen-bond acceptors (Lipinski definition) is 4. The number of aliphatic imine (C=N–C) groups is 1. The summed E-state index contributed by atoms with van der Waals surface area (Å²) < 4.78 is 24.1. The fourth-order valence-corrected chi connectivity index (χ4v) is 4.48. The fourth-order valence-electron chi connectivity index (χ4n) is 2.43.